The highest BCUT2D eigenvalue weighted by Gasteiger charge is 2.45. The quantitative estimate of drug-likeness (QED) is 0.226. The third-order valence-corrected chi connectivity index (χ3v) is 6.69. The van der Waals surface area contributed by atoms with Crippen molar-refractivity contribution in [1.82, 2.24) is 20.9 Å². The predicted octanol–water partition coefficient (Wildman–Crippen LogP) is 1.10. The number of carbonyl (C=O) groups is 5. The highest BCUT2D eigenvalue weighted by Crippen LogP contribution is 2.34. The molecule has 11 heteroatoms. The topological polar surface area (TPSA) is 154 Å². The van der Waals surface area contributed by atoms with Crippen molar-refractivity contribution in [3.63, 3.8) is 0 Å². The molecule has 202 valence electrons. The van der Waals surface area contributed by atoms with Gasteiger partial charge in [-0.2, -0.15) is 0 Å². The molecule has 3 rings (SSSR count). The van der Waals surface area contributed by atoms with E-state index in [9.17, 15) is 29.1 Å². The molecule has 0 spiro atoms. The van der Waals surface area contributed by atoms with E-state index in [1.807, 2.05) is 0 Å². The number of ether oxygens (including phenoxy) is 1. The number of aliphatic hydroxyl groups excluding tert-OH is 1. The summed E-state index contributed by atoms with van der Waals surface area (Å²) >= 11 is 0. The van der Waals surface area contributed by atoms with Gasteiger partial charge in [0.25, 0.3) is 17.7 Å². The first-order valence-corrected chi connectivity index (χ1v) is 12.9. The van der Waals surface area contributed by atoms with E-state index in [-0.39, 0.29) is 54.0 Å². The Hall–Kier alpha value is -3.47. The maximum atomic E-state index is 13.1. The summed E-state index contributed by atoms with van der Waals surface area (Å²) in [7, 11) is 0. The standard InChI is InChI=1S/C26H36N4O7/c1-3-16(2)14-28-20(31)10-5-4-6-13-27-22(33)15-37-19-9-7-8-17-23(19)26(36)30(25(17)35)18-11-12-21(32)29-24(18)34/h7-9,16,18,24,34H,3-6,10-15H2,1-2H3,(H,27,33)(H,28,31)(H,29,32). The summed E-state index contributed by atoms with van der Waals surface area (Å²) in [6, 6.07) is 3.67. The molecule has 0 saturated carbocycles. The smallest absolute Gasteiger partial charge is 0.265 e. The average Bonchev–Trinajstić information content (AvgIpc) is 3.13. The number of nitrogens with zero attached hydrogens (tertiary/aromatic N) is 1. The molecular formula is C26H36N4O7. The van der Waals surface area contributed by atoms with Crippen LogP contribution >= 0.6 is 0 Å². The summed E-state index contributed by atoms with van der Waals surface area (Å²) in [5.74, 6) is -1.33. The van der Waals surface area contributed by atoms with Gasteiger partial charge in [0.1, 0.15) is 12.0 Å². The van der Waals surface area contributed by atoms with Gasteiger partial charge < -0.3 is 25.8 Å². The van der Waals surface area contributed by atoms with Gasteiger partial charge in [-0.1, -0.05) is 32.8 Å². The monoisotopic (exact) mass is 516 g/mol. The number of benzene rings is 1. The first-order chi connectivity index (χ1) is 17.7. The lowest BCUT2D eigenvalue weighted by atomic mass is 10.0. The van der Waals surface area contributed by atoms with Crippen molar-refractivity contribution in [3.8, 4) is 5.75 Å². The number of fused-ring (bicyclic) bond motifs is 1. The minimum atomic E-state index is -1.35. The van der Waals surface area contributed by atoms with Crippen LogP contribution in [0, 0.1) is 5.92 Å². The van der Waals surface area contributed by atoms with Crippen molar-refractivity contribution in [3.05, 3.63) is 29.3 Å². The summed E-state index contributed by atoms with van der Waals surface area (Å²) in [5, 5.41) is 18.2. The lowest BCUT2D eigenvalue weighted by Gasteiger charge is -2.33. The van der Waals surface area contributed by atoms with Crippen LogP contribution in [0.5, 0.6) is 5.75 Å². The second-order valence-corrected chi connectivity index (χ2v) is 9.54. The Bertz CT molecular complexity index is 1030. The molecule has 11 nitrogen and oxygen atoms in total. The minimum absolute atomic E-state index is 0.0380. The maximum Gasteiger partial charge on any atom is 0.265 e. The van der Waals surface area contributed by atoms with Gasteiger partial charge in [0.2, 0.25) is 11.8 Å². The summed E-state index contributed by atoms with van der Waals surface area (Å²) < 4.78 is 5.58. The van der Waals surface area contributed by atoms with Crippen molar-refractivity contribution < 1.29 is 33.8 Å². The van der Waals surface area contributed by atoms with Crippen LogP contribution in [0.2, 0.25) is 0 Å². The maximum absolute atomic E-state index is 13.1. The van der Waals surface area contributed by atoms with Gasteiger partial charge in [0.05, 0.1) is 17.2 Å². The third kappa shape index (κ3) is 7.28. The fraction of sp³-hybridized carbons (Fsp3) is 0.577. The van der Waals surface area contributed by atoms with Gasteiger partial charge in [0, 0.05) is 25.9 Å². The Morgan fingerprint density at radius 1 is 1.14 bits per heavy atom. The Morgan fingerprint density at radius 2 is 1.92 bits per heavy atom. The SMILES string of the molecule is CCC(C)CNC(=O)CCCCCNC(=O)COc1cccc2c1C(=O)N(C1CCC(=O)NC1O)C2=O. The molecule has 1 aromatic carbocycles. The number of aliphatic hydroxyl groups is 1. The number of amides is 5. The van der Waals surface area contributed by atoms with Crippen molar-refractivity contribution in [2.45, 2.75) is 71.1 Å². The van der Waals surface area contributed by atoms with Gasteiger partial charge >= 0.3 is 0 Å². The van der Waals surface area contributed by atoms with Crippen LogP contribution in [0.4, 0.5) is 0 Å². The highest BCUT2D eigenvalue weighted by molar-refractivity contribution is 6.23. The van der Waals surface area contributed by atoms with Crippen molar-refractivity contribution in [2.24, 2.45) is 5.92 Å². The van der Waals surface area contributed by atoms with Crippen LogP contribution in [0.1, 0.15) is 79.5 Å². The first kappa shape index (κ1) is 28.1. The van der Waals surface area contributed by atoms with Gasteiger partial charge in [-0.15, -0.1) is 0 Å². The minimum Gasteiger partial charge on any atom is -0.483 e. The Labute approximate surface area is 216 Å². The average molecular weight is 517 g/mol. The van der Waals surface area contributed by atoms with Gasteiger partial charge in [-0.25, -0.2) is 0 Å². The number of carbonyl (C=O) groups excluding carboxylic acids is 5. The van der Waals surface area contributed by atoms with E-state index in [1.54, 1.807) is 6.07 Å². The summed E-state index contributed by atoms with van der Waals surface area (Å²) in [4.78, 5) is 62.5. The zero-order chi connectivity index (χ0) is 26.9. The third-order valence-electron chi connectivity index (χ3n) is 6.69. The fourth-order valence-electron chi connectivity index (χ4n) is 4.26. The summed E-state index contributed by atoms with van der Waals surface area (Å²) in [6.45, 7) is 4.96. The first-order valence-electron chi connectivity index (χ1n) is 12.9. The fourth-order valence-corrected chi connectivity index (χ4v) is 4.26. The summed E-state index contributed by atoms with van der Waals surface area (Å²) in [6.07, 6.45) is 2.62. The molecule has 1 fully saturated rings. The zero-order valence-corrected chi connectivity index (χ0v) is 21.4. The second-order valence-electron chi connectivity index (χ2n) is 9.54. The number of hydrogen-bond donors (Lipinski definition) is 4. The van der Waals surface area contributed by atoms with E-state index in [0.717, 1.165) is 24.2 Å². The van der Waals surface area contributed by atoms with Gasteiger partial charge in [-0.05, 0) is 37.3 Å². The lowest BCUT2D eigenvalue weighted by molar-refractivity contribution is -0.129. The second kappa shape index (κ2) is 13.2. The zero-order valence-electron chi connectivity index (χ0n) is 21.4. The molecule has 3 atom stereocenters. The number of imide groups is 1. The number of hydrogen-bond acceptors (Lipinski definition) is 7. The molecular weight excluding hydrogens is 480 g/mol. The molecule has 2 aliphatic heterocycles. The molecule has 2 heterocycles. The number of piperidine rings is 1. The van der Waals surface area contributed by atoms with Crippen molar-refractivity contribution >= 4 is 29.5 Å². The van der Waals surface area contributed by atoms with Crippen LogP contribution in [-0.4, -0.2) is 71.5 Å². The Kier molecular flexibility index (Phi) is 10.0. The Morgan fingerprint density at radius 3 is 2.65 bits per heavy atom. The van der Waals surface area contributed by atoms with E-state index in [1.165, 1.54) is 12.1 Å². The van der Waals surface area contributed by atoms with Crippen LogP contribution in [0.25, 0.3) is 0 Å². The van der Waals surface area contributed by atoms with E-state index in [0.29, 0.717) is 31.8 Å². The van der Waals surface area contributed by atoms with E-state index < -0.39 is 24.1 Å². The van der Waals surface area contributed by atoms with E-state index >= 15 is 0 Å². The molecule has 37 heavy (non-hydrogen) atoms. The molecule has 1 saturated heterocycles. The van der Waals surface area contributed by atoms with E-state index in [2.05, 4.69) is 29.8 Å². The van der Waals surface area contributed by atoms with Crippen molar-refractivity contribution in [1.29, 1.82) is 0 Å². The molecule has 3 unspecified atom stereocenters. The molecule has 0 aromatic heterocycles. The van der Waals surface area contributed by atoms with Gasteiger partial charge in [-0.3, -0.25) is 28.9 Å². The molecule has 0 aliphatic carbocycles. The van der Waals surface area contributed by atoms with Crippen LogP contribution in [-0.2, 0) is 14.4 Å². The summed E-state index contributed by atoms with van der Waals surface area (Å²) in [5.41, 5.74) is 0.163. The number of nitrogens with one attached hydrogen (secondary N) is 3. The molecule has 4 N–H and O–H groups in total. The molecule has 0 radical (unpaired) electrons. The van der Waals surface area contributed by atoms with Crippen LogP contribution < -0.4 is 20.7 Å². The normalized spacial score (nSPS) is 19.8. The number of unbranched alkanes of at least 4 members (excludes halogenated alkanes) is 2. The van der Waals surface area contributed by atoms with E-state index in [4.69, 9.17) is 4.74 Å². The van der Waals surface area contributed by atoms with Crippen LogP contribution in [0.3, 0.4) is 0 Å². The predicted molar refractivity (Wildman–Crippen MR) is 134 cm³/mol. The molecule has 1 aromatic rings. The molecule has 0 bridgehead atoms. The lowest BCUT2D eigenvalue weighted by Crippen LogP contribution is -2.57. The molecule has 5 amide bonds. The van der Waals surface area contributed by atoms with Crippen LogP contribution in [0.15, 0.2) is 18.2 Å². The van der Waals surface area contributed by atoms with Gasteiger partial charge in [0.15, 0.2) is 6.61 Å². The van der Waals surface area contributed by atoms with Crippen molar-refractivity contribution in [2.75, 3.05) is 19.7 Å². The largest absolute Gasteiger partial charge is 0.483 e. The molecule has 2 aliphatic rings. The number of rotatable bonds is 13. The highest BCUT2D eigenvalue weighted by atomic mass is 16.5. The Balaban J connectivity index is 1.42.